The van der Waals surface area contributed by atoms with Gasteiger partial charge in [-0.15, -0.1) is 0 Å². The van der Waals surface area contributed by atoms with Crippen LogP contribution in [0.5, 0.6) is 0 Å². The minimum atomic E-state index is 0.634. The van der Waals surface area contributed by atoms with Gasteiger partial charge >= 0.3 is 0 Å². The highest BCUT2D eigenvalue weighted by atomic mass is 15.0. The van der Waals surface area contributed by atoms with Gasteiger partial charge in [-0.3, -0.25) is 0 Å². The Morgan fingerprint density at radius 3 is 1.65 bits per heavy atom. The Bertz CT molecular complexity index is 780. The molecule has 0 aliphatic carbocycles. The van der Waals surface area contributed by atoms with Gasteiger partial charge in [-0.2, -0.15) is 0 Å². The second-order valence-corrected chi connectivity index (χ2v) is 4.99. The first-order valence-corrected chi connectivity index (χ1v) is 7.48. The molecule has 0 N–H and O–H groups in total. The molecule has 23 heavy (non-hydrogen) atoms. The predicted octanol–water partition coefficient (Wildman–Crippen LogP) is 4.79. The number of hydrogen-bond acceptors (Lipinski definition) is 3. The Balaban J connectivity index is 2.21. The summed E-state index contributed by atoms with van der Waals surface area (Å²) in [6, 6.07) is 19.9. The molecule has 0 atom stereocenters. The average molecular weight is 299 g/mol. The van der Waals surface area contributed by atoms with Crippen molar-refractivity contribution in [1.29, 1.82) is 0 Å². The summed E-state index contributed by atoms with van der Waals surface area (Å²) in [5.74, 6) is 1.96. The van der Waals surface area contributed by atoms with Crippen molar-refractivity contribution in [2.24, 2.45) is 0 Å². The molecule has 0 spiro atoms. The molecular weight excluding hydrogens is 282 g/mol. The van der Waals surface area contributed by atoms with Gasteiger partial charge in [0.2, 0.25) is 0 Å². The molecular formula is C20H17N3. The van der Waals surface area contributed by atoms with E-state index >= 15 is 0 Å². The lowest BCUT2D eigenvalue weighted by molar-refractivity contribution is 1.04. The maximum Gasteiger partial charge on any atom is 0.164 e. The first kappa shape index (κ1) is 14.9. The van der Waals surface area contributed by atoms with Crippen LogP contribution in [0.15, 0.2) is 79.4 Å². The van der Waals surface area contributed by atoms with Gasteiger partial charge in [0.05, 0.1) is 0 Å². The molecule has 0 amide bonds. The Kier molecular flexibility index (Phi) is 4.39. The van der Waals surface area contributed by atoms with Crippen molar-refractivity contribution < 1.29 is 0 Å². The van der Waals surface area contributed by atoms with Gasteiger partial charge in [0.15, 0.2) is 17.5 Å². The van der Waals surface area contributed by atoms with Gasteiger partial charge in [0, 0.05) is 16.7 Å². The van der Waals surface area contributed by atoms with Crippen molar-refractivity contribution in [2.75, 3.05) is 0 Å². The van der Waals surface area contributed by atoms with Crippen LogP contribution in [0.25, 0.3) is 28.3 Å². The third kappa shape index (κ3) is 3.24. The summed E-state index contributed by atoms with van der Waals surface area (Å²) in [4.78, 5) is 13.9. The van der Waals surface area contributed by atoms with Gasteiger partial charge in [0.25, 0.3) is 0 Å². The molecule has 0 saturated heterocycles. The standard InChI is InChI=1S/C20H17N3/c1-3-15(4-2)18-21-19(16-11-7-5-8-12-16)23-20(22-18)17-13-9-6-10-14-17/h3-14H,1H2,2H3/b15-4+. The van der Waals surface area contributed by atoms with Crippen LogP contribution < -0.4 is 0 Å². The zero-order chi connectivity index (χ0) is 16.1. The lowest BCUT2D eigenvalue weighted by atomic mass is 10.1. The SMILES string of the molecule is C=C/C(=C\C)c1nc(-c2ccccc2)nc(-c2ccccc2)n1. The van der Waals surface area contributed by atoms with Crippen LogP contribution in [-0.2, 0) is 0 Å². The molecule has 112 valence electrons. The van der Waals surface area contributed by atoms with Crippen LogP contribution in [0.3, 0.4) is 0 Å². The van der Waals surface area contributed by atoms with Crippen molar-refractivity contribution in [3.8, 4) is 22.8 Å². The zero-order valence-corrected chi connectivity index (χ0v) is 13.0. The van der Waals surface area contributed by atoms with Gasteiger partial charge < -0.3 is 0 Å². The maximum absolute atomic E-state index is 4.64. The van der Waals surface area contributed by atoms with Crippen molar-refractivity contribution in [1.82, 2.24) is 15.0 Å². The lowest BCUT2D eigenvalue weighted by Gasteiger charge is -2.08. The maximum atomic E-state index is 4.64. The minimum absolute atomic E-state index is 0.634. The van der Waals surface area contributed by atoms with E-state index in [1.165, 1.54) is 0 Å². The summed E-state index contributed by atoms with van der Waals surface area (Å²) >= 11 is 0. The second kappa shape index (κ2) is 6.79. The largest absolute Gasteiger partial charge is 0.208 e. The monoisotopic (exact) mass is 299 g/mol. The normalized spacial score (nSPS) is 11.3. The molecule has 0 aliphatic rings. The molecule has 1 aromatic heterocycles. The Hall–Kier alpha value is -3.07. The fraction of sp³-hybridized carbons (Fsp3) is 0.0500. The number of benzene rings is 2. The molecule has 1 heterocycles. The minimum Gasteiger partial charge on any atom is -0.208 e. The smallest absolute Gasteiger partial charge is 0.164 e. The lowest BCUT2D eigenvalue weighted by Crippen LogP contribution is -2.02. The van der Waals surface area contributed by atoms with E-state index in [9.17, 15) is 0 Å². The number of aromatic nitrogens is 3. The number of rotatable bonds is 4. The molecule has 0 saturated carbocycles. The summed E-state index contributed by atoms with van der Waals surface area (Å²) in [6.45, 7) is 5.79. The van der Waals surface area contributed by atoms with Crippen LogP contribution >= 0.6 is 0 Å². The fourth-order valence-electron chi connectivity index (χ4n) is 2.28. The summed E-state index contributed by atoms with van der Waals surface area (Å²) in [5, 5.41) is 0. The highest BCUT2D eigenvalue weighted by Gasteiger charge is 2.11. The predicted molar refractivity (Wildman–Crippen MR) is 94.5 cm³/mol. The molecule has 3 heteroatoms. The summed E-state index contributed by atoms with van der Waals surface area (Å²) < 4.78 is 0. The second-order valence-electron chi connectivity index (χ2n) is 4.99. The first-order valence-electron chi connectivity index (χ1n) is 7.48. The molecule has 0 bridgehead atoms. The van der Waals surface area contributed by atoms with E-state index in [2.05, 4.69) is 21.5 Å². The highest BCUT2D eigenvalue weighted by molar-refractivity contribution is 5.71. The summed E-state index contributed by atoms with van der Waals surface area (Å²) in [5.41, 5.74) is 2.82. The van der Waals surface area contributed by atoms with E-state index in [0.717, 1.165) is 16.7 Å². The number of allylic oxidation sites excluding steroid dienone is 3. The number of nitrogens with zero attached hydrogens (tertiary/aromatic N) is 3. The van der Waals surface area contributed by atoms with Crippen LogP contribution in [0.2, 0.25) is 0 Å². The van der Waals surface area contributed by atoms with E-state index in [1.807, 2.05) is 73.7 Å². The highest BCUT2D eigenvalue weighted by Crippen LogP contribution is 2.22. The van der Waals surface area contributed by atoms with Crippen molar-refractivity contribution in [3.63, 3.8) is 0 Å². The van der Waals surface area contributed by atoms with Gasteiger partial charge in [-0.25, -0.2) is 15.0 Å². The van der Waals surface area contributed by atoms with E-state index in [0.29, 0.717) is 17.5 Å². The number of hydrogen-bond donors (Lipinski definition) is 0. The summed E-state index contributed by atoms with van der Waals surface area (Å²) in [7, 11) is 0. The first-order chi connectivity index (χ1) is 11.3. The van der Waals surface area contributed by atoms with Crippen LogP contribution in [0.1, 0.15) is 12.7 Å². The zero-order valence-electron chi connectivity index (χ0n) is 13.0. The third-order valence-corrected chi connectivity index (χ3v) is 3.49. The van der Waals surface area contributed by atoms with Crippen molar-refractivity contribution in [2.45, 2.75) is 6.92 Å². The van der Waals surface area contributed by atoms with Gasteiger partial charge in [0.1, 0.15) is 0 Å². The van der Waals surface area contributed by atoms with E-state index in [4.69, 9.17) is 0 Å². The molecule has 3 aromatic rings. The van der Waals surface area contributed by atoms with Crippen molar-refractivity contribution >= 4 is 5.57 Å². The molecule has 0 aliphatic heterocycles. The van der Waals surface area contributed by atoms with Crippen LogP contribution in [0, 0.1) is 0 Å². The summed E-state index contributed by atoms with van der Waals surface area (Å²) in [6.07, 6.45) is 3.71. The fourth-order valence-corrected chi connectivity index (χ4v) is 2.28. The van der Waals surface area contributed by atoms with Crippen LogP contribution in [0.4, 0.5) is 0 Å². The molecule has 3 rings (SSSR count). The molecule has 2 aromatic carbocycles. The van der Waals surface area contributed by atoms with Crippen molar-refractivity contribution in [3.05, 3.63) is 85.2 Å². The Labute approximate surface area is 136 Å². The molecule has 0 unspecified atom stereocenters. The van der Waals surface area contributed by atoms with E-state index < -0.39 is 0 Å². The average Bonchev–Trinajstić information content (AvgIpc) is 2.64. The Morgan fingerprint density at radius 2 is 1.26 bits per heavy atom. The van der Waals surface area contributed by atoms with E-state index in [-0.39, 0.29) is 0 Å². The third-order valence-electron chi connectivity index (χ3n) is 3.49. The van der Waals surface area contributed by atoms with Crippen LogP contribution in [-0.4, -0.2) is 15.0 Å². The topological polar surface area (TPSA) is 38.7 Å². The molecule has 0 radical (unpaired) electrons. The van der Waals surface area contributed by atoms with Gasteiger partial charge in [-0.05, 0) is 6.92 Å². The molecule has 3 nitrogen and oxygen atoms in total. The van der Waals surface area contributed by atoms with E-state index in [1.54, 1.807) is 6.08 Å². The van der Waals surface area contributed by atoms with Gasteiger partial charge in [-0.1, -0.05) is 79.4 Å². The Morgan fingerprint density at radius 1 is 0.783 bits per heavy atom. The molecule has 0 fully saturated rings. The quantitative estimate of drug-likeness (QED) is 0.650.